The van der Waals surface area contributed by atoms with E-state index in [1.165, 1.54) is 0 Å². The van der Waals surface area contributed by atoms with Crippen molar-refractivity contribution in [1.82, 2.24) is 14.6 Å². The number of fused-ring (bicyclic) bond motifs is 1. The third-order valence-electron chi connectivity index (χ3n) is 2.16. The van der Waals surface area contributed by atoms with E-state index in [9.17, 15) is 0 Å². The van der Waals surface area contributed by atoms with Crippen LogP contribution in [0.5, 0.6) is 0 Å². The number of pyridine rings is 1. The van der Waals surface area contributed by atoms with Crippen molar-refractivity contribution in [2.45, 2.75) is 19.8 Å². The second-order valence-corrected chi connectivity index (χ2v) is 3.42. The summed E-state index contributed by atoms with van der Waals surface area (Å²) in [7, 11) is 0. The number of nitrogens with two attached hydrogens (primary N) is 1. The Bertz CT molecular complexity index is 499. The molecule has 2 rings (SSSR count). The number of amidine groups is 1. The minimum absolute atomic E-state index is 0.162. The van der Waals surface area contributed by atoms with Crippen LogP contribution in [0.4, 0.5) is 0 Å². The smallest absolute Gasteiger partial charge is 0.155 e. The quantitative estimate of drug-likeness (QED) is 0.571. The summed E-state index contributed by atoms with van der Waals surface area (Å²) in [4.78, 5) is 4.34. The Hall–Kier alpha value is -1.91. The number of hydrogen-bond acceptors (Lipinski definition) is 3. The van der Waals surface area contributed by atoms with Crippen molar-refractivity contribution in [2.24, 2.45) is 5.73 Å². The van der Waals surface area contributed by atoms with Crippen LogP contribution in [-0.2, 0) is 12.8 Å². The first kappa shape index (κ1) is 9.64. The third-order valence-corrected chi connectivity index (χ3v) is 2.16. The Balaban J connectivity index is 2.41. The molecule has 0 aliphatic rings. The molecule has 0 radical (unpaired) electrons. The molecule has 0 aliphatic heterocycles. The lowest BCUT2D eigenvalue weighted by molar-refractivity contribution is 0.884. The monoisotopic (exact) mass is 203 g/mol. The molecule has 0 spiro atoms. The first-order valence-corrected chi connectivity index (χ1v) is 4.86. The van der Waals surface area contributed by atoms with Crippen LogP contribution >= 0.6 is 0 Å². The van der Waals surface area contributed by atoms with Gasteiger partial charge in [-0.3, -0.25) is 5.41 Å². The predicted molar refractivity (Wildman–Crippen MR) is 58.0 cm³/mol. The van der Waals surface area contributed by atoms with E-state index in [0.717, 1.165) is 23.5 Å². The molecule has 5 heteroatoms. The molecule has 2 aromatic rings. The van der Waals surface area contributed by atoms with Crippen LogP contribution in [0.2, 0.25) is 0 Å². The van der Waals surface area contributed by atoms with Gasteiger partial charge in [-0.05, 0) is 17.7 Å². The molecule has 2 aromatic heterocycles. The van der Waals surface area contributed by atoms with Gasteiger partial charge in [-0.2, -0.15) is 5.10 Å². The second-order valence-electron chi connectivity index (χ2n) is 3.42. The fourth-order valence-electron chi connectivity index (χ4n) is 1.45. The number of aryl methyl sites for hydroxylation is 1. The molecule has 78 valence electrons. The molecule has 2 heterocycles. The Labute approximate surface area is 87.4 Å². The summed E-state index contributed by atoms with van der Waals surface area (Å²) in [6.45, 7) is 2.02. The SMILES string of the molecule is CCc1nc2cc(CC(=N)N)ccn2n1. The number of nitrogens with one attached hydrogen (secondary N) is 1. The molecule has 0 bridgehead atoms. The molecule has 0 atom stereocenters. The number of aromatic nitrogens is 3. The number of rotatable bonds is 3. The molecule has 0 unspecified atom stereocenters. The highest BCUT2D eigenvalue weighted by atomic mass is 15.3. The standard InChI is InChI=1S/C10H13N5/c1-2-9-13-10-6-7(5-8(11)12)3-4-15(10)14-9/h3-4,6H,2,5H2,1H3,(H3,11,12). The van der Waals surface area contributed by atoms with Crippen molar-refractivity contribution < 1.29 is 0 Å². The van der Waals surface area contributed by atoms with Gasteiger partial charge in [0.1, 0.15) is 0 Å². The Kier molecular flexibility index (Phi) is 2.37. The predicted octanol–water partition coefficient (Wildman–Crippen LogP) is 0.770. The van der Waals surface area contributed by atoms with E-state index in [1.54, 1.807) is 4.52 Å². The summed E-state index contributed by atoms with van der Waals surface area (Å²) in [5, 5.41) is 11.5. The van der Waals surface area contributed by atoms with Crippen molar-refractivity contribution >= 4 is 11.5 Å². The van der Waals surface area contributed by atoms with Crippen LogP contribution in [0.3, 0.4) is 0 Å². The summed E-state index contributed by atoms with van der Waals surface area (Å²) in [5.41, 5.74) is 7.14. The molecular formula is C10H13N5. The van der Waals surface area contributed by atoms with Gasteiger partial charge in [0.2, 0.25) is 0 Å². The van der Waals surface area contributed by atoms with Crippen LogP contribution in [0.1, 0.15) is 18.3 Å². The molecule has 3 N–H and O–H groups in total. The molecule has 15 heavy (non-hydrogen) atoms. The normalized spacial score (nSPS) is 10.7. The molecule has 5 nitrogen and oxygen atoms in total. The zero-order chi connectivity index (χ0) is 10.8. The van der Waals surface area contributed by atoms with Crippen LogP contribution in [-0.4, -0.2) is 20.4 Å². The summed E-state index contributed by atoms with van der Waals surface area (Å²) < 4.78 is 1.74. The van der Waals surface area contributed by atoms with Crippen LogP contribution in [0.15, 0.2) is 18.3 Å². The Morgan fingerprint density at radius 2 is 2.40 bits per heavy atom. The number of nitrogens with zero attached hydrogens (tertiary/aromatic N) is 3. The van der Waals surface area contributed by atoms with Gasteiger partial charge in [0.25, 0.3) is 0 Å². The minimum Gasteiger partial charge on any atom is -0.387 e. The second kappa shape index (κ2) is 3.68. The van der Waals surface area contributed by atoms with Gasteiger partial charge < -0.3 is 5.73 Å². The summed E-state index contributed by atoms with van der Waals surface area (Å²) in [6, 6.07) is 3.82. The highest BCUT2D eigenvalue weighted by Crippen LogP contribution is 2.06. The van der Waals surface area contributed by atoms with E-state index in [2.05, 4.69) is 10.1 Å². The van der Waals surface area contributed by atoms with Gasteiger partial charge in [-0.15, -0.1) is 0 Å². The molecule has 0 aromatic carbocycles. The van der Waals surface area contributed by atoms with Gasteiger partial charge in [-0.25, -0.2) is 9.50 Å². The van der Waals surface area contributed by atoms with Crippen molar-refractivity contribution in [3.05, 3.63) is 29.7 Å². The molecule has 0 saturated carbocycles. The Morgan fingerprint density at radius 3 is 3.07 bits per heavy atom. The maximum Gasteiger partial charge on any atom is 0.155 e. The maximum absolute atomic E-state index is 7.22. The molecular weight excluding hydrogens is 190 g/mol. The van der Waals surface area contributed by atoms with Gasteiger partial charge in [0, 0.05) is 19.0 Å². The average molecular weight is 203 g/mol. The lowest BCUT2D eigenvalue weighted by Crippen LogP contribution is -2.12. The molecule has 0 fully saturated rings. The molecule has 0 amide bonds. The third kappa shape index (κ3) is 1.96. The lowest BCUT2D eigenvalue weighted by Gasteiger charge is -1.98. The minimum atomic E-state index is 0.162. The average Bonchev–Trinajstić information content (AvgIpc) is 2.58. The van der Waals surface area contributed by atoms with Gasteiger partial charge >= 0.3 is 0 Å². The number of hydrogen-bond donors (Lipinski definition) is 2. The molecule has 0 saturated heterocycles. The van der Waals surface area contributed by atoms with E-state index in [0.29, 0.717) is 6.42 Å². The van der Waals surface area contributed by atoms with Crippen LogP contribution < -0.4 is 5.73 Å². The van der Waals surface area contributed by atoms with Crippen molar-refractivity contribution in [2.75, 3.05) is 0 Å². The van der Waals surface area contributed by atoms with Crippen molar-refractivity contribution in [3.63, 3.8) is 0 Å². The lowest BCUT2D eigenvalue weighted by atomic mass is 10.2. The fourth-order valence-corrected chi connectivity index (χ4v) is 1.45. The van der Waals surface area contributed by atoms with E-state index >= 15 is 0 Å². The van der Waals surface area contributed by atoms with E-state index in [-0.39, 0.29) is 5.84 Å². The van der Waals surface area contributed by atoms with E-state index in [4.69, 9.17) is 11.1 Å². The van der Waals surface area contributed by atoms with Gasteiger partial charge in [-0.1, -0.05) is 6.92 Å². The zero-order valence-corrected chi connectivity index (χ0v) is 8.57. The fraction of sp³-hybridized carbons (Fsp3) is 0.300. The highest BCUT2D eigenvalue weighted by Gasteiger charge is 2.03. The van der Waals surface area contributed by atoms with Crippen LogP contribution in [0, 0.1) is 5.41 Å². The molecule has 0 aliphatic carbocycles. The zero-order valence-electron chi connectivity index (χ0n) is 8.57. The summed E-state index contributed by atoms with van der Waals surface area (Å²) in [6.07, 6.45) is 3.13. The topological polar surface area (TPSA) is 80.1 Å². The maximum atomic E-state index is 7.22. The van der Waals surface area contributed by atoms with E-state index < -0.39 is 0 Å². The van der Waals surface area contributed by atoms with E-state index in [1.807, 2.05) is 25.3 Å². The van der Waals surface area contributed by atoms with Crippen molar-refractivity contribution in [3.8, 4) is 0 Å². The summed E-state index contributed by atoms with van der Waals surface area (Å²) in [5.74, 6) is 0.990. The summed E-state index contributed by atoms with van der Waals surface area (Å²) >= 11 is 0. The van der Waals surface area contributed by atoms with Crippen LogP contribution in [0.25, 0.3) is 5.65 Å². The van der Waals surface area contributed by atoms with Gasteiger partial charge in [0.15, 0.2) is 11.5 Å². The Morgan fingerprint density at radius 1 is 1.60 bits per heavy atom. The highest BCUT2D eigenvalue weighted by molar-refractivity contribution is 5.79. The van der Waals surface area contributed by atoms with Gasteiger partial charge in [0.05, 0.1) is 5.84 Å². The first-order chi connectivity index (χ1) is 7.19. The van der Waals surface area contributed by atoms with Crippen molar-refractivity contribution in [1.29, 1.82) is 5.41 Å². The largest absolute Gasteiger partial charge is 0.387 e. The first-order valence-electron chi connectivity index (χ1n) is 4.86.